The van der Waals surface area contributed by atoms with E-state index in [1.807, 2.05) is 18.5 Å². The second kappa shape index (κ2) is 12.2. The van der Waals surface area contributed by atoms with Gasteiger partial charge < -0.3 is 0 Å². The van der Waals surface area contributed by atoms with Crippen molar-refractivity contribution < 1.29 is 0 Å². The van der Waals surface area contributed by atoms with Gasteiger partial charge in [0.25, 0.3) is 0 Å². The lowest BCUT2D eigenvalue weighted by Crippen LogP contribution is -1.94. The summed E-state index contributed by atoms with van der Waals surface area (Å²) in [7, 11) is 0. The van der Waals surface area contributed by atoms with Gasteiger partial charge in [0.1, 0.15) is 0 Å². The highest BCUT2D eigenvalue weighted by Gasteiger charge is 2.27. The predicted molar refractivity (Wildman–Crippen MR) is 226 cm³/mol. The van der Waals surface area contributed by atoms with Crippen LogP contribution in [0.4, 0.5) is 0 Å². The zero-order valence-electron chi connectivity index (χ0n) is 29.4. The molecule has 0 amide bonds. The smallest absolute Gasteiger partial charge is 0.160 e. The molecule has 2 heteroatoms. The van der Waals surface area contributed by atoms with Crippen LogP contribution in [-0.2, 0) is 0 Å². The van der Waals surface area contributed by atoms with E-state index >= 15 is 0 Å². The van der Waals surface area contributed by atoms with E-state index in [0.717, 1.165) is 27.9 Å². The SMILES string of the molecule is c1ccc(-c2ccc(-c3cnc(-c4c5ccccc5c5c6c(cccc46)-c4cc(-c6ccc(-c7ccccc7)c7ccccc67)ccc4-5)nc3)cc2)cc1. The second-order valence-corrected chi connectivity index (χ2v) is 14.1. The third-order valence-corrected chi connectivity index (χ3v) is 11.1. The minimum atomic E-state index is 0.737. The highest BCUT2D eigenvalue weighted by molar-refractivity contribution is 6.29. The van der Waals surface area contributed by atoms with Gasteiger partial charge in [0.2, 0.25) is 0 Å². The lowest BCUT2D eigenvalue weighted by Gasteiger charge is -2.15. The molecule has 0 spiro atoms. The van der Waals surface area contributed by atoms with Gasteiger partial charge in [-0.05, 0) is 99.6 Å². The van der Waals surface area contributed by atoms with Gasteiger partial charge in [-0.1, -0.05) is 176 Å². The Hall–Kier alpha value is -7.16. The highest BCUT2D eigenvalue weighted by atomic mass is 14.9. The van der Waals surface area contributed by atoms with Gasteiger partial charge in [-0.2, -0.15) is 0 Å². The van der Waals surface area contributed by atoms with Crippen molar-refractivity contribution in [2.24, 2.45) is 0 Å². The van der Waals surface area contributed by atoms with E-state index in [9.17, 15) is 0 Å². The molecule has 0 saturated carbocycles. The van der Waals surface area contributed by atoms with Crippen molar-refractivity contribution in [3.05, 3.63) is 194 Å². The molecule has 2 nitrogen and oxygen atoms in total. The summed E-state index contributed by atoms with van der Waals surface area (Å²) in [6, 6.07) is 65.6. The second-order valence-electron chi connectivity index (χ2n) is 14.1. The van der Waals surface area contributed by atoms with Gasteiger partial charge in [0.15, 0.2) is 5.82 Å². The van der Waals surface area contributed by atoms with E-state index in [1.165, 1.54) is 82.6 Å². The summed E-state index contributed by atoms with van der Waals surface area (Å²) in [5, 5.41) is 7.35. The van der Waals surface area contributed by atoms with Crippen LogP contribution in [0.25, 0.3) is 110 Å². The molecule has 9 aromatic carbocycles. The van der Waals surface area contributed by atoms with Gasteiger partial charge in [-0.15, -0.1) is 0 Å². The van der Waals surface area contributed by atoms with Crippen molar-refractivity contribution in [3.8, 4) is 78.1 Å². The standard InChI is InChI=1S/C52H32N2/c1-3-12-33(13-4-1)34-22-24-35(25-23-34)38-31-53-52(54-32-38)51-44-19-10-9-18-43(44)49-46-27-26-37(30-48(46)45-20-11-21-47(51)50(45)49)40-29-28-39(36-14-5-2-6-15-36)41-16-7-8-17-42(40)41/h1-32H. The molecule has 1 aromatic heterocycles. The van der Waals surface area contributed by atoms with Crippen molar-refractivity contribution in [3.63, 3.8) is 0 Å². The Balaban J connectivity index is 1.03. The van der Waals surface area contributed by atoms with Crippen LogP contribution < -0.4 is 0 Å². The van der Waals surface area contributed by atoms with Crippen LogP contribution in [0.15, 0.2) is 194 Å². The molecule has 1 aliphatic carbocycles. The molecule has 0 atom stereocenters. The molecule has 11 rings (SSSR count). The van der Waals surface area contributed by atoms with Gasteiger partial charge in [0, 0.05) is 23.5 Å². The third-order valence-electron chi connectivity index (χ3n) is 11.1. The van der Waals surface area contributed by atoms with Crippen LogP contribution in [0.2, 0.25) is 0 Å². The van der Waals surface area contributed by atoms with Crippen molar-refractivity contribution in [2.75, 3.05) is 0 Å². The predicted octanol–water partition coefficient (Wildman–Crippen LogP) is 13.9. The first-order valence-electron chi connectivity index (χ1n) is 18.5. The third kappa shape index (κ3) is 4.74. The van der Waals surface area contributed by atoms with Gasteiger partial charge in [0.05, 0.1) is 0 Å². The number of hydrogen-bond acceptors (Lipinski definition) is 2. The summed E-state index contributed by atoms with van der Waals surface area (Å²) in [6.07, 6.45) is 3.93. The van der Waals surface area contributed by atoms with Crippen molar-refractivity contribution in [1.82, 2.24) is 9.97 Å². The van der Waals surface area contributed by atoms with E-state index < -0.39 is 0 Å². The molecule has 0 aliphatic heterocycles. The number of fused-ring (bicyclic) bond motifs is 6. The van der Waals surface area contributed by atoms with E-state index in [2.05, 4.69) is 176 Å². The first-order valence-corrected chi connectivity index (χ1v) is 18.5. The Kier molecular flexibility index (Phi) is 6.90. The molecular formula is C52H32N2. The summed E-state index contributed by atoms with van der Waals surface area (Å²) >= 11 is 0. The van der Waals surface area contributed by atoms with Gasteiger partial charge >= 0.3 is 0 Å². The first kappa shape index (κ1) is 30.5. The summed E-state index contributed by atoms with van der Waals surface area (Å²) in [5.74, 6) is 0.737. The largest absolute Gasteiger partial charge is 0.236 e. The monoisotopic (exact) mass is 684 g/mol. The van der Waals surface area contributed by atoms with Crippen LogP contribution in [-0.4, -0.2) is 9.97 Å². The zero-order valence-corrected chi connectivity index (χ0v) is 29.4. The number of aromatic nitrogens is 2. The average molecular weight is 685 g/mol. The number of benzene rings is 9. The summed E-state index contributed by atoms with van der Waals surface area (Å²) in [5.41, 5.74) is 15.6. The molecule has 0 bridgehead atoms. The lowest BCUT2D eigenvalue weighted by molar-refractivity contribution is 1.19. The van der Waals surface area contributed by atoms with Gasteiger partial charge in [-0.25, -0.2) is 9.97 Å². The number of rotatable bonds is 5. The Morgan fingerprint density at radius 2 is 0.741 bits per heavy atom. The van der Waals surface area contributed by atoms with Crippen LogP contribution >= 0.6 is 0 Å². The zero-order chi connectivity index (χ0) is 35.6. The molecule has 0 unspecified atom stereocenters. The van der Waals surface area contributed by atoms with Crippen molar-refractivity contribution in [2.45, 2.75) is 0 Å². The van der Waals surface area contributed by atoms with Crippen LogP contribution in [0.3, 0.4) is 0 Å². The molecule has 54 heavy (non-hydrogen) atoms. The lowest BCUT2D eigenvalue weighted by atomic mass is 9.90. The molecule has 0 saturated heterocycles. The van der Waals surface area contributed by atoms with Crippen LogP contribution in [0, 0.1) is 0 Å². The van der Waals surface area contributed by atoms with E-state index in [0.29, 0.717) is 0 Å². The fraction of sp³-hybridized carbons (Fsp3) is 0. The molecule has 0 N–H and O–H groups in total. The Bertz CT molecular complexity index is 3060. The normalized spacial score (nSPS) is 11.7. The minimum absolute atomic E-state index is 0.737. The molecule has 1 aliphatic rings. The molecule has 0 radical (unpaired) electrons. The Morgan fingerprint density at radius 3 is 1.41 bits per heavy atom. The van der Waals surface area contributed by atoms with Crippen LogP contribution in [0.5, 0.6) is 0 Å². The Labute approximate surface area is 313 Å². The average Bonchev–Trinajstić information content (AvgIpc) is 3.59. The maximum Gasteiger partial charge on any atom is 0.160 e. The number of nitrogens with zero attached hydrogens (tertiary/aromatic N) is 2. The number of hydrogen-bond donors (Lipinski definition) is 0. The molecule has 1 heterocycles. The van der Waals surface area contributed by atoms with Crippen LogP contribution in [0.1, 0.15) is 0 Å². The Morgan fingerprint density at radius 1 is 0.259 bits per heavy atom. The van der Waals surface area contributed by atoms with Gasteiger partial charge in [-0.3, -0.25) is 0 Å². The maximum atomic E-state index is 5.04. The maximum absolute atomic E-state index is 5.04. The first-order chi connectivity index (χ1) is 26.8. The topological polar surface area (TPSA) is 25.8 Å². The van der Waals surface area contributed by atoms with Crippen molar-refractivity contribution >= 4 is 32.3 Å². The molecule has 250 valence electrons. The van der Waals surface area contributed by atoms with E-state index in [-0.39, 0.29) is 0 Å². The minimum Gasteiger partial charge on any atom is -0.236 e. The molecular weight excluding hydrogens is 653 g/mol. The fourth-order valence-corrected chi connectivity index (χ4v) is 8.64. The van der Waals surface area contributed by atoms with E-state index in [1.54, 1.807) is 0 Å². The van der Waals surface area contributed by atoms with E-state index in [4.69, 9.17) is 9.97 Å². The fourth-order valence-electron chi connectivity index (χ4n) is 8.64. The highest BCUT2D eigenvalue weighted by Crippen LogP contribution is 2.54. The quantitative estimate of drug-likeness (QED) is 0.169. The molecule has 0 fully saturated rings. The van der Waals surface area contributed by atoms with Crippen molar-refractivity contribution in [1.29, 1.82) is 0 Å². The summed E-state index contributed by atoms with van der Waals surface area (Å²) < 4.78 is 0. The molecule has 10 aromatic rings. The summed E-state index contributed by atoms with van der Waals surface area (Å²) in [4.78, 5) is 10.1. The summed E-state index contributed by atoms with van der Waals surface area (Å²) in [6.45, 7) is 0.